The molecule has 1 aliphatic rings. The van der Waals surface area contributed by atoms with Crippen LogP contribution in [-0.2, 0) is 4.79 Å². The van der Waals surface area contributed by atoms with E-state index in [2.05, 4.69) is 17.3 Å². The lowest BCUT2D eigenvalue weighted by atomic mass is 10.0. The van der Waals surface area contributed by atoms with Crippen molar-refractivity contribution in [3.8, 4) is 0 Å². The van der Waals surface area contributed by atoms with Gasteiger partial charge >= 0.3 is 12.0 Å². The molecule has 1 heterocycles. The Hall–Kier alpha value is -1.30. The van der Waals surface area contributed by atoms with Crippen LogP contribution >= 0.6 is 0 Å². The van der Waals surface area contributed by atoms with Crippen LogP contribution in [-0.4, -0.2) is 66.2 Å². The lowest BCUT2D eigenvalue weighted by Crippen LogP contribution is -2.48. The summed E-state index contributed by atoms with van der Waals surface area (Å²) in [5.41, 5.74) is 0. The molecule has 0 aromatic carbocycles. The molecule has 0 aliphatic carbocycles. The molecule has 0 bridgehead atoms. The summed E-state index contributed by atoms with van der Waals surface area (Å²) in [6.45, 7) is 6.75. The third kappa shape index (κ3) is 5.00. The second kappa shape index (κ2) is 8.09. The van der Waals surface area contributed by atoms with Crippen LogP contribution in [0.2, 0.25) is 0 Å². The summed E-state index contributed by atoms with van der Waals surface area (Å²) >= 11 is 0. The zero-order valence-electron chi connectivity index (χ0n) is 12.8. The van der Waals surface area contributed by atoms with Crippen molar-refractivity contribution in [1.82, 2.24) is 15.1 Å². The first-order valence-electron chi connectivity index (χ1n) is 7.41. The lowest BCUT2D eigenvalue weighted by molar-refractivity contribution is -0.141. The van der Waals surface area contributed by atoms with Gasteiger partial charge in [0.15, 0.2) is 0 Å². The van der Waals surface area contributed by atoms with Crippen molar-refractivity contribution in [3.63, 3.8) is 0 Å². The van der Waals surface area contributed by atoms with Gasteiger partial charge in [0.05, 0.1) is 5.92 Å². The molecule has 2 N–H and O–H groups in total. The van der Waals surface area contributed by atoms with Gasteiger partial charge < -0.3 is 20.2 Å². The number of carboxylic acids is 1. The van der Waals surface area contributed by atoms with E-state index in [0.29, 0.717) is 6.42 Å². The maximum atomic E-state index is 12.2. The van der Waals surface area contributed by atoms with E-state index in [-0.39, 0.29) is 18.6 Å². The molecule has 2 atom stereocenters. The van der Waals surface area contributed by atoms with Crippen LogP contribution in [0.25, 0.3) is 0 Å². The van der Waals surface area contributed by atoms with Crippen molar-refractivity contribution in [2.45, 2.75) is 39.2 Å². The Morgan fingerprint density at radius 2 is 2.10 bits per heavy atom. The summed E-state index contributed by atoms with van der Waals surface area (Å²) in [5.74, 6) is -1.33. The number of likely N-dealkylation sites (N-methyl/N-ethyl adjacent to an activating group) is 1. The average Bonchev–Trinajstić information content (AvgIpc) is 2.54. The standard InChI is InChI=1S/C14H27N3O3/c1-4-6-12(13(18)19)9-15-14(20)17-8-5-7-16(3)10-11(17)2/h11-12H,4-10H2,1-3H3,(H,15,20)(H,18,19). The van der Waals surface area contributed by atoms with E-state index >= 15 is 0 Å². The Bertz CT molecular complexity index is 336. The molecule has 1 rings (SSSR count). The number of carbonyl (C=O) groups excluding carboxylic acids is 1. The van der Waals surface area contributed by atoms with E-state index in [0.717, 1.165) is 32.5 Å². The van der Waals surface area contributed by atoms with E-state index in [9.17, 15) is 9.59 Å². The summed E-state index contributed by atoms with van der Waals surface area (Å²) in [6.07, 6.45) is 2.34. The molecule has 6 nitrogen and oxygen atoms in total. The molecule has 0 radical (unpaired) electrons. The summed E-state index contributed by atoms with van der Waals surface area (Å²) in [4.78, 5) is 27.3. The Labute approximate surface area is 121 Å². The van der Waals surface area contributed by atoms with Crippen LogP contribution in [0.4, 0.5) is 4.79 Å². The highest BCUT2D eigenvalue weighted by molar-refractivity contribution is 5.76. The van der Waals surface area contributed by atoms with Gasteiger partial charge in [0.1, 0.15) is 0 Å². The first-order valence-corrected chi connectivity index (χ1v) is 7.41. The number of carboxylic acid groups (broad SMARTS) is 1. The second-order valence-electron chi connectivity index (χ2n) is 5.67. The third-order valence-electron chi connectivity index (χ3n) is 3.79. The molecule has 1 aliphatic heterocycles. The number of aliphatic carboxylic acids is 1. The summed E-state index contributed by atoms with van der Waals surface area (Å²) in [7, 11) is 2.06. The van der Waals surface area contributed by atoms with E-state index < -0.39 is 11.9 Å². The number of hydrogen-bond donors (Lipinski definition) is 2. The van der Waals surface area contributed by atoms with Gasteiger partial charge in [-0.15, -0.1) is 0 Å². The fourth-order valence-corrected chi connectivity index (χ4v) is 2.65. The number of hydrogen-bond acceptors (Lipinski definition) is 3. The minimum atomic E-state index is -0.837. The highest BCUT2D eigenvalue weighted by Crippen LogP contribution is 2.10. The van der Waals surface area contributed by atoms with Gasteiger partial charge in [0.25, 0.3) is 0 Å². The third-order valence-corrected chi connectivity index (χ3v) is 3.79. The van der Waals surface area contributed by atoms with Crippen molar-refractivity contribution in [3.05, 3.63) is 0 Å². The second-order valence-corrected chi connectivity index (χ2v) is 5.67. The quantitative estimate of drug-likeness (QED) is 0.796. The largest absolute Gasteiger partial charge is 0.481 e. The molecule has 1 saturated heterocycles. The molecular formula is C14H27N3O3. The maximum Gasteiger partial charge on any atom is 0.317 e. The summed E-state index contributed by atoms with van der Waals surface area (Å²) < 4.78 is 0. The molecule has 1 fully saturated rings. The van der Waals surface area contributed by atoms with Crippen LogP contribution in [0.15, 0.2) is 0 Å². The Balaban J connectivity index is 2.50. The molecule has 20 heavy (non-hydrogen) atoms. The van der Waals surface area contributed by atoms with E-state index in [1.165, 1.54) is 0 Å². The van der Waals surface area contributed by atoms with Crippen LogP contribution in [0.5, 0.6) is 0 Å². The van der Waals surface area contributed by atoms with Crippen LogP contribution in [0.3, 0.4) is 0 Å². The van der Waals surface area contributed by atoms with Gasteiger partial charge in [-0.3, -0.25) is 4.79 Å². The molecule has 0 aromatic heterocycles. The molecule has 0 saturated carbocycles. The SMILES string of the molecule is CCCC(CNC(=O)N1CCCN(C)CC1C)C(=O)O. The Morgan fingerprint density at radius 1 is 1.40 bits per heavy atom. The predicted molar refractivity (Wildman–Crippen MR) is 77.7 cm³/mol. The van der Waals surface area contributed by atoms with E-state index in [1.54, 1.807) is 0 Å². The zero-order valence-corrected chi connectivity index (χ0v) is 12.8. The van der Waals surface area contributed by atoms with E-state index in [1.807, 2.05) is 18.7 Å². The highest BCUT2D eigenvalue weighted by Gasteiger charge is 2.25. The molecule has 2 unspecified atom stereocenters. The van der Waals surface area contributed by atoms with Gasteiger partial charge in [-0.25, -0.2) is 4.79 Å². The summed E-state index contributed by atoms with van der Waals surface area (Å²) in [5, 5.41) is 11.9. The van der Waals surface area contributed by atoms with Gasteiger partial charge in [0.2, 0.25) is 0 Å². The normalized spacial score (nSPS) is 22.1. The fraction of sp³-hybridized carbons (Fsp3) is 0.857. The summed E-state index contributed by atoms with van der Waals surface area (Å²) in [6, 6.07) is 0.00658. The maximum absolute atomic E-state index is 12.2. The van der Waals surface area contributed by atoms with Crippen molar-refractivity contribution in [2.75, 3.05) is 33.2 Å². The number of carbonyl (C=O) groups is 2. The predicted octanol–water partition coefficient (Wildman–Crippen LogP) is 1.22. The fourth-order valence-electron chi connectivity index (χ4n) is 2.65. The van der Waals surface area contributed by atoms with Gasteiger partial charge in [0, 0.05) is 25.7 Å². The van der Waals surface area contributed by atoms with Crippen molar-refractivity contribution < 1.29 is 14.7 Å². The van der Waals surface area contributed by atoms with Crippen LogP contribution < -0.4 is 5.32 Å². The lowest BCUT2D eigenvalue weighted by Gasteiger charge is -2.28. The van der Waals surface area contributed by atoms with E-state index in [4.69, 9.17) is 5.11 Å². The van der Waals surface area contributed by atoms with Gasteiger partial charge in [-0.05, 0) is 33.4 Å². The molecule has 0 aromatic rings. The zero-order chi connectivity index (χ0) is 15.1. The molecular weight excluding hydrogens is 258 g/mol. The number of urea groups is 1. The minimum absolute atomic E-state index is 0.143. The van der Waals surface area contributed by atoms with Gasteiger partial charge in [-0.1, -0.05) is 13.3 Å². The topological polar surface area (TPSA) is 72.9 Å². The van der Waals surface area contributed by atoms with Crippen molar-refractivity contribution in [1.29, 1.82) is 0 Å². The molecule has 116 valence electrons. The smallest absolute Gasteiger partial charge is 0.317 e. The highest BCUT2D eigenvalue weighted by atomic mass is 16.4. The van der Waals surface area contributed by atoms with Crippen molar-refractivity contribution in [2.24, 2.45) is 5.92 Å². The molecule has 2 amide bonds. The van der Waals surface area contributed by atoms with Gasteiger partial charge in [-0.2, -0.15) is 0 Å². The molecule has 6 heteroatoms. The molecule has 0 spiro atoms. The minimum Gasteiger partial charge on any atom is -0.481 e. The monoisotopic (exact) mass is 285 g/mol. The number of rotatable bonds is 5. The number of nitrogens with zero attached hydrogens (tertiary/aromatic N) is 2. The first-order chi connectivity index (χ1) is 9.45. The first kappa shape index (κ1) is 16.8. The van der Waals surface area contributed by atoms with Crippen LogP contribution in [0.1, 0.15) is 33.1 Å². The number of amides is 2. The number of nitrogens with one attached hydrogen (secondary N) is 1. The Morgan fingerprint density at radius 3 is 2.70 bits per heavy atom. The average molecular weight is 285 g/mol. The van der Waals surface area contributed by atoms with Crippen LogP contribution in [0, 0.1) is 5.92 Å². The van der Waals surface area contributed by atoms with Crippen molar-refractivity contribution >= 4 is 12.0 Å². The Kier molecular flexibility index (Phi) is 6.78.